The maximum atomic E-state index is 12.6. The highest BCUT2D eigenvalue weighted by molar-refractivity contribution is 5.94. The van der Waals surface area contributed by atoms with Gasteiger partial charge in [0.1, 0.15) is 5.69 Å². The molecule has 0 unspecified atom stereocenters. The highest BCUT2D eigenvalue weighted by Gasteiger charge is 2.29. The second-order valence-corrected chi connectivity index (χ2v) is 5.89. The summed E-state index contributed by atoms with van der Waals surface area (Å²) in [5.41, 5.74) is 2.61. The summed E-state index contributed by atoms with van der Waals surface area (Å²) in [4.78, 5) is 29.6. The van der Waals surface area contributed by atoms with Gasteiger partial charge in [-0.15, -0.1) is 0 Å². The summed E-state index contributed by atoms with van der Waals surface area (Å²) in [6.45, 7) is 7.87. The van der Waals surface area contributed by atoms with Gasteiger partial charge in [0.25, 0.3) is 5.91 Å². The Kier molecular flexibility index (Phi) is 5.04. The molecule has 0 bridgehead atoms. The predicted octanol–water partition coefficient (Wildman–Crippen LogP) is 2.01. The molecule has 2 heterocycles. The number of hydrogen-bond acceptors (Lipinski definition) is 2. The van der Waals surface area contributed by atoms with Crippen molar-refractivity contribution in [1.29, 1.82) is 0 Å². The number of aryl methyl sites for hydroxylation is 2. The number of nitrogens with zero attached hydrogens (tertiary/aromatic N) is 1. The van der Waals surface area contributed by atoms with E-state index in [9.17, 15) is 9.59 Å². The molecule has 5 nitrogen and oxygen atoms in total. The Labute approximate surface area is 126 Å². The quantitative estimate of drug-likeness (QED) is 0.891. The number of hydrogen-bond donors (Lipinski definition) is 2. The van der Waals surface area contributed by atoms with Crippen molar-refractivity contribution < 1.29 is 9.59 Å². The third-order valence-electron chi connectivity index (χ3n) is 3.99. The molecule has 21 heavy (non-hydrogen) atoms. The molecule has 1 aliphatic heterocycles. The highest BCUT2D eigenvalue weighted by Crippen LogP contribution is 2.20. The van der Waals surface area contributed by atoms with E-state index in [0.717, 1.165) is 37.1 Å². The average Bonchev–Trinajstić information content (AvgIpc) is 2.82. The number of carbonyl (C=O) groups excluding carboxylic acids is 2. The van der Waals surface area contributed by atoms with E-state index in [4.69, 9.17) is 0 Å². The smallest absolute Gasteiger partial charge is 0.270 e. The number of nitrogens with one attached hydrogen (secondary N) is 2. The van der Waals surface area contributed by atoms with E-state index < -0.39 is 0 Å². The lowest BCUT2D eigenvalue weighted by atomic mass is 9.96. The van der Waals surface area contributed by atoms with Crippen LogP contribution in [0.25, 0.3) is 0 Å². The normalized spacial score (nSPS) is 18.6. The topological polar surface area (TPSA) is 65.2 Å². The number of H-pyrrole nitrogens is 1. The fourth-order valence-electron chi connectivity index (χ4n) is 2.88. The Morgan fingerprint density at radius 3 is 2.81 bits per heavy atom. The van der Waals surface area contributed by atoms with Gasteiger partial charge in [-0.1, -0.05) is 6.92 Å². The Morgan fingerprint density at radius 1 is 1.43 bits per heavy atom. The molecule has 0 spiro atoms. The third kappa shape index (κ3) is 3.65. The lowest BCUT2D eigenvalue weighted by molar-refractivity contribution is -0.126. The molecule has 0 saturated carbocycles. The SMILES string of the molecule is CCCNC(=O)[C@H]1CCCN(C(=O)c2[nH]c(C)cc2C)C1. The minimum absolute atomic E-state index is 0.00796. The molecule has 2 rings (SSSR count). The van der Waals surface area contributed by atoms with Gasteiger partial charge in [-0.2, -0.15) is 0 Å². The zero-order valence-corrected chi connectivity index (χ0v) is 13.2. The van der Waals surface area contributed by atoms with E-state index >= 15 is 0 Å². The van der Waals surface area contributed by atoms with Gasteiger partial charge in [-0.3, -0.25) is 9.59 Å². The molecule has 1 atom stereocenters. The van der Waals surface area contributed by atoms with Crippen LogP contribution in [0.15, 0.2) is 6.07 Å². The van der Waals surface area contributed by atoms with E-state index in [0.29, 0.717) is 18.8 Å². The number of carbonyl (C=O) groups is 2. The Bertz CT molecular complexity index is 522. The predicted molar refractivity (Wildman–Crippen MR) is 82.2 cm³/mol. The molecule has 1 aliphatic rings. The summed E-state index contributed by atoms with van der Waals surface area (Å²) in [6, 6.07) is 1.97. The fraction of sp³-hybridized carbons (Fsp3) is 0.625. The summed E-state index contributed by atoms with van der Waals surface area (Å²) in [5.74, 6) is 0.00736. The van der Waals surface area contributed by atoms with Crippen LogP contribution in [-0.4, -0.2) is 41.3 Å². The van der Waals surface area contributed by atoms with Crippen molar-refractivity contribution in [3.63, 3.8) is 0 Å². The maximum absolute atomic E-state index is 12.6. The zero-order valence-electron chi connectivity index (χ0n) is 13.2. The van der Waals surface area contributed by atoms with Crippen molar-refractivity contribution in [3.8, 4) is 0 Å². The summed E-state index contributed by atoms with van der Waals surface area (Å²) in [6.07, 6.45) is 2.68. The molecule has 0 aliphatic carbocycles. The number of piperidine rings is 1. The summed E-state index contributed by atoms with van der Waals surface area (Å²) in [5, 5.41) is 2.93. The van der Waals surface area contributed by atoms with Crippen LogP contribution in [0, 0.1) is 19.8 Å². The molecule has 0 aromatic carbocycles. The zero-order chi connectivity index (χ0) is 15.4. The summed E-state index contributed by atoms with van der Waals surface area (Å²) in [7, 11) is 0. The largest absolute Gasteiger partial charge is 0.356 e. The van der Waals surface area contributed by atoms with Crippen molar-refractivity contribution >= 4 is 11.8 Å². The highest BCUT2D eigenvalue weighted by atomic mass is 16.2. The standard InChI is InChI=1S/C16H25N3O2/c1-4-7-17-15(20)13-6-5-8-19(10-13)16(21)14-11(2)9-12(3)18-14/h9,13,18H,4-8,10H2,1-3H3,(H,17,20)/t13-/m0/s1. The molecule has 5 heteroatoms. The Morgan fingerprint density at radius 2 is 2.19 bits per heavy atom. The maximum Gasteiger partial charge on any atom is 0.270 e. The number of likely N-dealkylation sites (tertiary alicyclic amines) is 1. The number of amides is 2. The van der Waals surface area contributed by atoms with Crippen LogP contribution < -0.4 is 5.32 Å². The van der Waals surface area contributed by atoms with E-state index in [-0.39, 0.29) is 17.7 Å². The van der Waals surface area contributed by atoms with Crippen LogP contribution in [0.5, 0.6) is 0 Å². The van der Waals surface area contributed by atoms with Crippen molar-refractivity contribution in [1.82, 2.24) is 15.2 Å². The molecule has 1 saturated heterocycles. The number of aromatic amines is 1. The first-order valence-electron chi connectivity index (χ1n) is 7.76. The van der Waals surface area contributed by atoms with Crippen molar-refractivity contribution in [2.75, 3.05) is 19.6 Å². The van der Waals surface area contributed by atoms with Crippen molar-refractivity contribution in [3.05, 3.63) is 23.0 Å². The van der Waals surface area contributed by atoms with E-state index in [2.05, 4.69) is 10.3 Å². The van der Waals surface area contributed by atoms with Crippen LogP contribution in [0.1, 0.15) is 47.9 Å². The third-order valence-corrected chi connectivity index (χ3v) is 3.99. The van der Waals surface area contributed by atoms with Gasteiger partial charge in [0.15, 0.2) is 0 Å². The van der Waals surface area contributed by atoms with Gasteiger partial charge in [0.2, 0.25) is 5.91 Å². The van der Waals surface area contributed by atoms with E-state index in [1.54, 1.807) is 4.90 Å². The van der Waals surface area contributed by atoms with E-state index in [1.807, 2.05) is 26.8 Å². The first-order chi connectivity index (χ1) is 10.0. The van der Waals surface area contributed by atoms with Gasteiger partial charge in [-0.05, 0) is 44.7 Å². The van der Waals surface area contributed by atoms with Gasteiger partial charge in [0.05, 0.1) is 5.92 Å². The van der Waals surface area contributed by atoms with Gasteiger partial charge >= 0.3 is 0 Å². The number of rotatable bonds is 4. The minimum atomic E-state index is -0.0781. The van der Waals surface area contributed by atoms with Crippen LogP contribution in [0.4, 0.5) is 0 Å². The van der Waals surface area contributed by atoms with Crippen LogP contribution in [0.2, 0.25) is 0 Å². The molecular weight excluding hydrogens is 266 g/mol. The fourth-order valence-corrected chi connectivity index (χ4v) is 2.88. The monoisotopic (exact) mass is 291 g/mol. The first-order valence-corrected chi connectivity index (χ1v) is 7.76. The Hall–Kier alpha value is -1.78. The van der Waals surface area contributed by atoms with Crippen molar-refractivity contribution in [2.24, 2.45) is 5.92 Å². The van der Waals surface area contributed by atoms with Crippen LogP contribution >= 0.6 is 0 Å². The molecule has 0 radical (unpaired) electrons. The Balaban J connectivity index is 2.02. The van der Waals surface area contributed by atoms with Crippen LogP contribution in [-0.2, 0) is 4.79 Å². The second kappa shape index (κ2) is 6.78. The van der Waals surface area contributed by atoms with Gasteiger partial charge < -0.3 is 15.2 Å². The molecular formula is C16H25N3O2. The van der Waals surface area contributed by atoms with Crippen LogP contribution in [0.3, 0.4) is 0 Å². The van der Waals surface area contributed by atoms with Gasteiger partial charge in [-0.25, -0.2) is 0 Å². The minimum Gasteiger partial charge on any atom is -0.356 e. The lowest BCUT2D eigenvalue weighted by Crippen LogP contribution is -2.45. The van der Waals surface area contributed by atoms with Crippen molar-refractivity contribution in [2.45, 2.75) is 40.0 Å². The average molecular weight is 291 g/mol. The first kappa shape index (κ1) is 15.6. The molecule has 2 amide bonds. The summed E-state index contributed by atoms with van der Waals surface area (Å²) >= 11 is 0. The molecule has 116 valence electrons. The summed E-state index contributed by atoms with van der Waals surface area (Å²) < 4.78 is 0. The van der Waals surface area contributed by atoms with Gasteiger partial charge in [0, 0.05) is 25.3 Å². The molecule has 2 N–H and O–H groups in total. The lowest BCUT2D eigenvalue weighted by Gasteiger charge is -2.32. The molecule has 1 fully saturated rings. The molecule has 1 aromatic heterocycles. The molecule has 1 aromatic rings. The second-order valence-electron chi connectivity index (χ2n) is 5.89. The van der Waals surface area contributed by atoms with E-state index in [1.165, 1.54) is 0 Å². The number of aromatic nitrogens is 1.